The van der Waals surface area contributed by atoms with E-state index in [1.807, 2.05) is 48.7 Å². The van der Waals surface area contributed by atoms with Crippen molar-refractivity contribution >= 4 is 17.2 Å². The summed E-state index contributed by atoms with van der Waals surface area (Å²) in [4.78, 5) is 13.0. The minimum Gasteiger partial charge on any atom is -0.384 e. The molecule has 0 radical (unpaired) electrons. The van der Waals surface area contributed by atoms with Crippen molar-refractivity contribution in [1.82, 2.24) is 5.32 Å². The lowest BCUT2D eigenvalue weighted by molar-refractivity contribution is -0.121. The second-order valence-electron chi connectivity index (χ2n) is 4.63. The molecule has 108 valence electrons. The van der Waals surface area contributed by atoms with E-state index in [1.54, 1.807) is 11.3 Å². The number of rotatable bonds is 4. The van der Waals surface area contributed by atoms with Crippen molar-refractivity contribution < 1.29 is 9.90 Å². The van der Waals surface area contributed by atoms with Gasteiger partial charge in [-0.25, -0.2) is 0 Å². The monoisotopic (exact) mass is 299 g/mol. The highest BCUT2D eigenvalue weighted by Gasteiger charge is 2.10. The first kappa shape index (κ1) is 15.3. The molecule has 0 aliphatic heterocycles. The molecule has 21 heavy (non-hydrogen) atoms. The van der Waals surface area contributed by atoms with Crippen LogP contribution >= 0.6 is 11.3 Å². The summed E-state index contributed by atoms with van der Waals surface area (Å²) in [6.45, 7) is 1.82. The van der Waals surface area contributed by atoms with Gasteiger partial charge >= 0.3 is 0 Å². The first-order chi connectivity index (χ1) is 10.2. The SMILES string of the molecule is CC(NC(=O)Cc1cccs1)c1ccc(C#CCO)cc1. The fourth-order valence-corrected chi connectivity index (χ4v) is 2.65. The summed E-state index contributed by atoms with van der Waals surface area (Å²) in [5.41, 5.74) is 1.88. The van der Waals surface area contributed by atoms with Gasteiger partial charge in [-0.1, -0.05) is 30.0 Å². The number of carbonyl (C=O) groups is 1. The molecule has 1 atom stereocenters. The Balaban J connectivity index is 1.93. The van der Waals surface area contributed by atoms with Crippen LogP contribution in [0.25, 0.3) is 0 Å². The first-order valence-electron chi connectivity index (χ1n) is 6.70. The maximum Gasteiger partial charge on any atom is 0.225 e. The molecule has 0 saturated carbocycles. The van der Waals surface area contributed by atoms with Gasteiger partial charge in [0.2, 0.25) is 5.91 Å². The van der Waals surface area contributed by atoms with Crippen molar-refractivity contribution in [2.24, 2.45) is 0 Å². The first-order valence-corrected chi connectivity index (χ1v) is 7.58. The van der Waals surface area contributed by atoms with Gasteiger partial charge in [0.15, 0.2) is 0 Å². The average molecular weight is 299 g/mol. The third-order valence-electron chi connectivity index (χ3n) is 3.01. The van der Waals surface area contributed by atoms with Crippen LogP contribution in [0.15, 0.2) is 41.8 Å². The normalized spacial score (nSPS) is 11.3. The van der Waals surface area contributed by atoms with Crippen LogP contribution in [0.3, 0.4) is 0 Å². The van der Waals surface area contributed by atoms with E-state index in [9.17, 15) is 4.79 Å². The molecule has 1 unspecified atom stereocenters. The van der Waals surface area contributed by atoms with Crippen LogP contribution in [0.1, 0.15) is 29.0 Å². The fourth-order valence-electron chi connectivity index (χ4n) is 1.94. The molecule has 2 N–H and O–H groups in total. The quantitative estimate of drug-likeness (QED) is 0.852. The van der Waals surface area contributed by atoms with Crippen molar-refractivity contribution in [2.45, 2.75) is 19.4 Å². The summed E-state index contributed by atoms with van der Waals surface area (Å²) in [6, 6.07) is 11.5. The molecule has 1 heterocycles. The zero-order valence-corrected chi connectivity index (χ0v) is 12.6. The second-order valence-corrected chi connectivity index (χ2v) is 5.66. The minimum atomic E-state index is -0.142. The van der Waals surface area contributed by atoms with Crippen LogP contribution in [-0.2, 0) is 11.2 Å². The molecule has 2 rings (SSSR count). The number of benzene rings is 1. The number of carbonyl (C=O) groups excluding carboxylic acids is 1. The van der Waals surface area contributed by atoms with Crippen LogP contribution in [0.2, 0.25) is 0 Å². The van der Waals surface area contributed by atoms with Crippen LogP contribution < -0.4 is 5.32 Å². The highest BCUT2D eigenvalue weighted by Crippen LogP contribution is 2.14. The maximum atomic E-state index is 11.9. The summed E-state index contributed by atoms with van der Waals surface area (Å²) in [6.07, 6.45) is 0.419. The third-order valence-corrected chi connectivity index (χ3v) is 3.89. The Morgan fingerprint density at radius 2 is 2.10 bits per heavy atom. The Morgan fingerprint density at radius 1 is 1.33 bits per heavy atom. The molecule has 0 aliphatic carbocycles. The number of amides is 1. The van der Waals surface area contributed by atoms with Crippen LogP contribution in [0.5, 0.6) is 0 Å². The predicted molar refractivity (Wildman–Crippen MR) is 85.0 cm³/mol. The lowest BCUT2D eigenvalue weighted by Crippen LogP contribution is -2.27. The predicted octanol–water partition coefficient (Wildman–Crippen LogP) is 2.51. The van der Waals surface area contributed by atoms with E-state index in [1.165, 1.54) is 0 Å². The van der Waals surface area contributed by atoms with Crippen molar-refractivity contribution in [3.8, 4) is 11.8 Å². The summed E-state index contributed by atoms with van der Waals surface area (Å²) in [5.74, 6) is 5.47. The lowest BCUT2D eigenvalue weighted by Gasteiger charge is -2.14. The molecule has 0 spiro atoms. The molecule has 2 aromatic rings. The van der Waals surface area contributed by atoms with Crippen LogP contribution in [0.4, 0.5) is 0 Å². The van der Waals surface area contributed by atoms with E-state index in [2.05, 4.69) is 17.2 Å². The van der Waals surface area contributed by atoms with Gasteiger partial charge < -0.3 is 10.4 Å². The van der Waals surface area contributed by atoms with Crippen LogP contribution in [-0.4, -0.2) is 17.6 Å². The molecule has 0 aliphatic rings. The summed E-state index contributed by atoms with van der Waals surface area (Å²) >= 11 is 1.59. The largest absolute Gasteiger partial charge is 0.384 e. The molecule has 1 amide bonds. The van der Waals surface area contributed by atoms with Crippen molar-refractivity contribution in [3.63, 3.8) is 0 Å². The summed E-state index contributed by atoms with van der Waals surface area (Å²) < 4.78 is 0. The Morgan fingerprint density at radius 3 is 2.71 bits per heavy atom. The topological polar surface area (TPSA) is 49.3 Å². The number of thiophene rings is 1. The fraction of sp³-hybridized carbons (Fsp3) is 0.235. The number of aliphatic hydroxyl groups excluding tert-OH is 1. The zero-order valence-electron chi connectivity index (χ0n) is 11.8. The Hall–Kier alpha value is -2.09. The number of nitrogens with one attached hydrogen (secondary N) is 1. The molecule has 0 bridgehead atoms. The van der Waals surface area contributed by atoms with Gasteiger partial charge in [0.05, 0.1) is 12.5 Å². The van der Waals surface area contributed by atoms with Gasteiger partial charge in [0.1, 0.15) is 6.61 Å². The van der Waals surface area contributed by atoms with E-state index < -0.39 is 0 Å². The number of hydrogen-bond donors (Lipinski definition) is 2. The van der Waals surface area contributed by atoms with E-state index in [0.29, 0.717) is 6.42 Å². The van der Waals surface area contributed by atoms with Gasteiger partial charge in [-0.2, -0.15) is 0 Å². The maximum absolute atomic E-state index is 11.9. The Kier molecular flexibility index (Phi) is 5.56. The zero-order chi connectivity index (χ0) is 15.1. The highest BCUT2D eigenvalue weighted by atomic mass is 32.1. The molecular formula is C17H17NO2S. The van der Waals surface area contributed by atoms with Gasteiger partial charge in [-0.05, 0) is 36.1 Å². The number of aliphatic hydroxyl groups is 1. The van der Waals surface area contributed by atoms with Crippen LogP contribution in [0, 0.1) is 11.8 Å². The second kappa shape index (κ2) is 7.63. The molecule has 1 aromatic carbocycles. The summed E-state index contributed by atoms with van der Waals surface area (Å²) in [7, 11) is 0. The standard InChI is InChI=1S/C17H17NO2S/c1-13(18-17(20)12-16-5-3-11-21-16)15-8-6-14(7-9-15)4-2-10-19/h3,5-9,11,13,19H,10,12H2,1H3,(H,18,20). The van der Waals surface area contributed by atoms with E-state index in [0.717, 1.165) is 16.0 Å². The summed E-state index contributed by atoms with van der Waals surface area (Å²) in [5, 5.41) is 13.6. The van der Waals surface area contributed by atoms with Gasteiger partial charge in [-0.3, -0.25) is 4.79 Å². The smallest absolute Gasteiger partial charge is 0.225 e. The van der Waals surface area contributed by atoms with E-state index in [-0.39, 0.29) is 18.6 Å². The highest BCUT2D eigenvalue weighted by molar-refractivity contribution is 7.10. The molecule has 0 fully saturated rings. The number of hydrogen-bond acceptors (Lipinski definition) is 3. The molecular weight excluding hydrogens is 282 g/mol. The van der Waals surface area contributed by atoms with Gasteiger partial charge in [0.25, 0.3) is 0 Å². The molecule has 0 saturated heterocycles. The van der Waals surface area contributed by atoms with Crippen molar-refractivity contribution in [3.05, 3.63) is 57.8 Å². The van der Waals surface area contributed by atoms with E-state index in [4.69, 9.17) is 5.11 Å². The van der Waals surface area contributed by atoms with Crippen molar-refractivity contribution in [1.29, 1.82) is 0 Å². The van der Waals surface area contributed by atoms with Crippen molar-refractivity contribution in [2.75, 3.05) is 6.61 Å². The molecule has 1 aromatic heterocycles. The lowest BCUT2D eigenvalue weighted by atomic mass is 10.1. The third kappa shape index (κ3) is 4.75. The average Bonchev–Trinajstić information content (AvgIpc) is 2.98. The van der Waals surface area contributed by atoms with Gasteiger partial charge in [-0.15, -0.1) is 11.3 Å². The molecule has 4 heteroatoms. The Labute approximate surface area is 128 Å². The van der Waals surface area contributed by atoms with E-state index >= 15 is 0 Å². The Bertz CT molecular complexity index is 636. The van der Waals surface area contributed by atoms with Gasteiger partial charge in [0, 0.05) is 10.4 Å². The minimum absolute atomic E-state index is 0.0223. The molecule has 3 nitrogen and oxygen atoms in total.